The maximum absolute atomic E-state index is 12.2. The Kier molecular flexibility index (Phi) is 8.33. The predicted molar refractivity (Wildman–Crippen MR) is 114 cm³/mol. The van der Waals surface area contributed by atoms with Gasteiger partial charge in [0.05, 0.1) is 0 Å². The predicted octanol–water partition coefficient (Wildman–Crippen LogP) is 5.86. The van der Waals surface area contributed by atoms with Crippen LogP contribution >= 0.6 is 11.3 Å². The Balaban J connectivity index is 0.00000676. The summed E-state index contributed by atoms with van der Waals surface area (Å²) < 4.78 is 5.56. The molecule has 0 bridgehead atoms. The number of carbonyl (C=O) groups excluding carboxylic acids is 1. The Morgan fingerprint density at radius 3 is 2.38 bits per heavy atom. The van der Waals surface area contributed by atoms with Crippen molar-refractivity contribution in [2.24, 2.45) is 0 Å². The molecule has 1 aromatic rings. The first-order valence-electron chi connectivity index (χ1n) is 8.52. The van der Waals surface area contributed by atoms with E-state index in [9.17, 15) is 4.79 Å². The van der Waals surface area contributed by atoms with Gasteiger partial charge in [0, 0.05) is 12.8 Å². The van der Waals surface area contributed by atoms with Crippen LogP contribution in [-0.4, -0.2) is 12.5 Å². The lowest BCUT2D eigenvalue weighted by Gasteiger charge is -2.14. The summed E-state index contributed by atoms with van der Waals surface area (Å²) in [5.41, 5.74) is 5.23. The zero-order chi connectivity index (χ0) is 19.9. The number of hydrogen-bond donors (Lipinski definition) is 1. The number of hydrogen-bond acceptors (Lipinski definition) is 3. The van der Waals surface area contributed by atoms with Crippen LogP contribution in [-0.2, 0) is 16.0 Å². The van der Waals surface area contributed by atoms with Crippen molar-refractivity contribution in [2.45, 2.75) is 41.0 Å². The molecular formula is C22H31NO2S. The number of rotatable bonds is 9. The number of ether oxygens (including phenoxy) is 1. The summed E-state index contributed by atoms with van der Waals surface area (Å²) in [4.78, 5) is 13.4. The maximum atomic E-state index is 12.2. The molecule has 0 saturated heterocycles. The highest BCUT2D eigenvalue weighted by molar-refractivity contribution is 7.10. The van der Waals surface area contributed by atoms with Crippen molar-refractivity contribution >= 4 is 17.2 Å². The van der Waals surface area contributed by atoms with Crippen LogP contribution < -0.4 is 5.32 Å². The molecule has 142 valence electrons. The summed E-state index contributed by atoms with van der Waals surface area (Å²) in [5, 5.41) is 4.89. The average Bonchev–Trinajstić information content (AvgIpc) is 2.97. The SMILES string of the molecule is C=C(C)/C=C(C)/C(C)=C(\C)C(=C)OC(=C)C(=O)NCCc1sccc1C.[HH]. The Labute approximate surface area is 163 Å². The lowest BCUT2D eigenvalue weighted by Crippen LogP contribution is -2.27. The second-order valence-corrected chi connectivity index (χ2v) is 7.41. The van der Waals surface area contributed by atoms with Crippen molar-refractivity contribution in [1.29, 1.82) is 0 Å². The molecule has 1 N–H and O–H groups in total. The lowest BCUT2D eigenvalue weighted by molar-refractivity contribution is -0.120. The third-order valence-corrected chi connectivity index (χ3v) is 5.22. The van der Waals surface area contributed by atoms with Crippen molar-refractivity contribution < 1.29 is 11.0 Å². The van der Waals surface area contributed by atoms with Crippen molar-refractivity contribution in [3.63, 3.8) is 0 Å². The van der Waals surface area contributed by atoms with Gasteiger partial charge in [0.2, 0.25) is 0 Å². The first-order chi connectivity index (χ1) is 12.1. The van der Waals surface area contributed by atoms with E-state index in [0.717, 1.165) is 28.7 Å². The van der Waals surface area contributed by atoms with E-state index in [1.54, 1.807) is 11.3 Å². The molecule has 3 nitrogen and oxygen atoms in total. The summed E-state index contributed by atoms with van der Waals surface area (Å²) in [7, 11) is 0. The first-order valence-corrected chi connectivity index (χ1v) is 9.40. The second kappa shape index (κ2) is 9.97. The molecule has 0 spiro atoms. The first kappa shape index (κ1) is 21.7. The monoisotopic (exact) mass is 373 g/mol. The van der Waals surface area contributed by atoms with Gasteiger partial charge in [-0.15, -0.1) is 11.3 Å². The van der Waals surface area contributed by atoms with Crippen LogP contribution in [0.5, 0.6) is 0 Å². The smallest absolute Gasteiger partial charge is 0.286 e. The highest BCUT2D eigenvalue weighted by atomic mass is 32.1. The molecule has 0 aliphatic heterocycles. The number of allylic oxidation sites excluding steroid dienone is 5. The van der Waals surface area contributed by atoms with Crippen LogP contribution in [0.1, 0.15) is 39.6 Å². The molecule has 0 radical (unpaired) electrons. The quantitative estimate of drug-likeness (QED) is 0.334. The average molecular weight is 374 g/mol. The molecule has 0 fully saturated rings. The van der Waals surface area contributed by atoms with Gasteiger partial charge in [-0.1, -0.05) is 31.4 Å². The highest BCUT2D eigenvalue weighted by Gasteiger charge is 2.12. The van der Waals surface area contributed by atoms with Crippen molar-refractivity contribution in [1.82, 2.24) is 5.32 Å². The minimum Gasteiger partial charge on any atom is -0.453 e. The Morgan fingerprint density at radius 1 is 1.19 bits per heavy atom. The summed E-state index contributed by atoms with van der Waals surface area (Å²) >= 11 is 1.70. The minimum atomic E-state index is -0.319. The molecule has 0 saturated carbocycles. The van der Waals surface area contributed by atoms with E-state index in [0.29, 0.717) is 12.3 Å². The molecule has 1 rings (SSSR count). The summed E-state index contributed by atoms with van der Waals surface area (Å²) in [6.45, 7) is 22.0. The topological polar surface area (TPSA) is 38.3 Å². The van der Waals surface area contributed by atoms with E-state index >= 15 is 0 Å². The van der Waals surface area contributed by atoms with Crippen LogP contribution in [0.3, 0.4) is 0 Å². The largest absolute Gasteiger partial charge is 0.453 e. The maximum Gasteiger partial charge on any atom is 0.286 e. The molecular weight excluding hydrogens is 342 g/mol. The van der Waals surface area contributed by atoms with Crippen LogP contribution in [0.25, 0.3) is 0 Å². The van der Waals surface area contributed by atoms with E-state index in [2.05, 4.69) is 43.4 Å². The Morgan fingerprint density at radius 2 is 1.85 bits per heavy atom. The van der Waals surface area contributed by atoms with E-state index in [1.807, 2.05) is 33.8 Å². The van der Waals surface area contributed by atoms with Crippen LogP contribution in [0.2, 0.25) is 0 Å². The second-order valence-electron chi connectivity index (χ2n) is 6.40. The normalized spacial score (nSPS) is 12.3. The summed E-state index contributed by atoms with van der Waals surface area (Å²) in [5.74, 6) is 0.151. The number of aryl methyl sites for hydroxylation is 1. The van der Waals surface area contributed by atoms with Crippen molar-refractivity contribution in [3.05, 3.63) is 81.5 Å². The number of thiophene rings is 1. The standard InChI is InChI=1S/C22H29NO2S.H2/c1-14(2)13-16(4)17(5)18(6)19(7)25-20(8)22(24)23-11-9-21-15(3)10-12-26-21;/h10,12-13H,1,7-9,11H2,2-6H3,(H,23,24);1H/b16-13+,18-17+;. The van der Waals surface area contributed by atoms with Gasteiger partial charge >= 0.3 is 0 Å². The summed E-state index contributed by atoms with van der Waals surface area (Å²) in [6.07, 6.45) is 2.80. The minimum absolute atomic E-state index is 0. The van der Waals surface area contributed by atoms with Crippen LogP contribution in [0, 0.1) is 6.92 Å². The molecule has 1 aromatic heterocycles. The molecule has 1 heterocycles. The fourth-order valence-corrected chi connectivity index (χ4v) is 3.21. The zero-order valence-electron chi connectivity index (χ0n) is 16.5. The van der Waals surface area contributed by atoms with Gasteiger partial charge in [-0.25, -0.2) is 0 Å². The van der Waals surface area contributed by atoms with Gasteiger partial charge in [0.1, 0.15) is 5.76 Å². The Bertz CT molecular complexity index is 784. The number of nitrogens with one attached hydrogen (secondary N) is 1. The molecule has 0 aliphatic rings. The fourth-order valence-electron chi connectivity index (χ4n) is 2.30. The van der Waals surface area contributed by atoms with Gasteiger partial charge in [-0.05, 0) is 74.8 Å². The van der Waals surface area contributed by atoms with Gasteiger partial charge in [-0.2, -0.15) is 0 Å². The lowest BCUT2D eigenvalue weighted by atomic mass is 10.0. The van der Waals surface area contributed by atoms with Gasteiger partial charge < -0.3 is 10.1 Å². The summed E-state index contributed by atoms with van der Waals surface area (Å²) in [6, 6.07) is 2.08. The van der Waals surface area contributed by atoms with Gasteiger partial charge in [-0.3, -0.25) is 4.79 Å². The zero-order valence-corrected chi connectivity index (χ0v) is 17.3. The van der Waals surface area contributed by atoms with Crippen LogP contribution in [0.4, 0.5) is 0 Å². The van der Waals surface area contributed by atoms with Gasteiger partial charge in [0.25, 0.3) is 5.91 Å². The number of carbonyl (C=O) groups is 1. The van der Waals surface area contributed by atoms with E-state index in [-0.39, 0.29) is 13.1 Å². The van der Waals surface area contributed by atoms with Crippen molar-refractivity contribution in [2.75, 3.05) is 6.54 Å². The third-order valence-electron chi connectivity index (χ3n) is 4.14. The molecule has 26 heavy (non-hydrogen) atoms. The van der Waals surface area contributed by atoms with Gasteiger partial charge in [0.15, 0.2) is 5.76 Å². The molecule has 1 amide bonds. The Hall–Kier alpha value is -2.33. The third kappa shape index (κ3) is 6.52. The van der Waals surface area contributed by atoms with Crippen LogP contribution in [0.15, 0.2) is 71.1 Å². The molecule has 0 unspecified atom stereocenters. The highest BCUT2D eigenvalue weighted by Crippen LogP contribution is 2.22. The molecule has 0 atom stereocenters. The molecule has 4 heteroatoms. The van der Waals surface area contributed by atoms with E-state index in [1.165, 1.54) is 10.4 Å². The van der Waals surface area contributed by atoms with E-state index < -0.39 is 0 Å². The molecule has 0 aromatic carbocycles. The van der Waals surface area contributed by atoms with E-state index in [4.69, 9.17) is 4.74 Å². The fraction of sp³-hybridized carbons (Fsp3) is 0.318. The molecule has 0 aliphatic carbocycles. The number of amides is 1. The van der Waals surface area contributed by atoms with Crippen molar-refractivity contribution in [3.8, 4) is 0 Å².